The van der Waals surface area contributed by atoms with Gasteiger partial charge in [0.25, 0.3) is 0 Å². The second kappa shape index (κ2) is 6.00. The van der Waals surface area contributed by atoms with Gasteiger partial charge in [-0.3, -0.25) is 4.79 Å². The number of hydrogen-bond acceptors (Lipinski definition) is 2. The minimum atomic E-state index is -0.993. The zero-order chi connectivity index (χ0) is 16.6. The SMILES string of the molecule is O=C(O)N1CCCC2(CCN(Cc3c(F)cccc3Cl)C2=O)C1. The largest absolute Gasteiger partial charge is 0.465 e. The van der Waals surface area contributed by atoms with Crippen molar-refractivity contribution < 1.29 is 19.1 Å². The molecule has 2 saturated heterocycles. The van der Waals surface area contributed by atoms with Gasteiger partial charge in [-0.1, -0.05) is 17.7 Å². The van der Waals surface area contributed by atoms with Crippen LogP contribution < -0.4 is 0 Å². The summed E-state index contributed by atoms with van der Waals surface area (Å²) in [5.74, 6) is -0.523. The van der Waals surface area contributed by atoms with Crippen molar-refractivity contribution in [1.29, 1.82) is 0 Å². The zero-order valence-corrected chi connectivity index (χ0v) is 13.4. The van der Waals surface area contributed by atoms with Gasteiger partial charge in [-0.05, 0) is 31.4 Å². The zero-order valence-electron chi connectivity index (χ0n) is 12.6. The van der Waals surface area contributed by atoms with Crippen molar-refractivity contribution in [2.24, 2.45) is 5.41 Å². The van der Waals surface area contributed by atoms with Crippen LogP contribution >= 0.6 is 11.6 Å². The maximum atomic E-state index is 13.9. The van der Waals surface area contributed by atoms with Crippen LogP contribution in [0.4, 0.5) is 9.18 Å². The molecular formula is C16H18ClFN2O3. The third-order valence-corrected chi connectivity index (χ3v) is 5.21. The lowest BCUT2D eigenvalue weighted by Gasteiger charge is -2.37. The summed E-state index contributed by atoms with van der Waals surface area (Å²) in [4.78, 5) is 26.9. The number of carbonyl (C=O) groups is 2. The predicted molar refractivity (Wildman–Crippen MR) is 82.7 cm³/mol. The maximum Gasteiger partial charge on any atom is 0.407 e. The minimum Gasteiger partial charge on any atom is -0.465 e. The fraction of sp³-hybridized carbons (Fsp3) is 0.500. The van der Waals surface area contributed by atoms with Crippen molar-refractivity contribution in [2.75, 3.05) is 19.6 Å². The van der Waals surface area contributed by atoms with Gasteiger partial charge in [0.1, 0.15) is 5.82 Å². The predicted octanol–water partition coefficient (Wildman–Crippen LogP) is 2.97. The summed E-state index contributed by atoms with van der Waals surface area (Å²) in [5, 5.41) is 9.48. The van der Waals surface area contributed by atoms with Crippen LogP contribution in [-0.4, -0.2) is 46.5 Å². The highest BCUT2D eigenvalue weighted by atomic mass is 35.5. The van der Waals surface area contributed by atoms with Crippen molar-refractivity contribution in [3.05, 3.63) is 34.6 Å². The molecule has 5 nitrogen and oxygen atoms in total. The van der Waals surface area contributed by atoms with Crippen molar-refractivity contribution in [2.45, 2.75) is 25.8 Å². The average Bonchev–Trinajstić information content (AvgIpc) is 2.80. The monoisotopic (exact) mass is 340 g/mol. The van der Waals surface area contributed by atoms with Crippen LogP contribution in [0.3, 0.4) is 0 Å². The van der Waals surface area contributed by atoms with Crippen molar-refractivity contribution in [1.82, 2.24) is 9.80 Å². The van der Waals surface area contributed by atoms with Crippen LogP contribution in [0.5, 0.6) is 0 Å². The molecule has 23 heavy (non-hydrogen) atoms. The van der Waals surface area contributed by atoms with E-state index < -0.39 is 17.3 Å². The number of hydrogen-bond donors (Lipinski definition) is 1. The smallest absolute Gasteiger partial charge is 0.407 e. The molecule has 0 aromatic heterocycles. The molecule has 1 aromatic carbocycles. The molecule has 2 aliphatic heterocycles. The third kappa shape index (κ3) is 2.87. The number of carboxylic acid groups (broad SMARTS) is 1. The van der Waals surface area contributed by atoms with Gasteiger partial charge < -0.3 is 14.9 Å². The summed E-state index contributed by atoms with van der Waals surface area (Å²) in [6.07, 6.45) is 0.956. The van der Waals surface area contributed by atoms with Gasteiger partial charge in [0.05, 0.1) is 12.0 Å². The number of carbonyl (C=O) groups excluding carboxylic acids is 1. The normalized spacial score (nSPS) is 24.5. The lowest BCUT2D eigenvalue weighted by molar-refractivity contribution is -0.138. The molecule has 1 unspecified atom stereocenters. The molecule has 1 aromatic rings. The Morgan fingerprint density at radius 2 is 2.13 bits per heavy atom. The Labute approximate surface area is 138 Å². The van der Waals surface area contributed by atoms with Gasteiger partial charge in [-0.2, -0.15) is 0 Å². The third-order valence-electron chi connectivity index (χ3n) is 4.86. The summed E-state index contributed by atoms with van der Waals surface area (Å²) in [7, 11) is 0. The summed E-state index contributed by atoms with van der Waals surface area (Å²) in [6.45, 7) is 1.31. The molecule has 1 spiro atoms. The first kappa shape index (κ1) is 16.1. The fourth-order valence-corrected chi connectivity index (χ4v) is 3.81. The second-order valence-electron chi connectivity index (χ2n) is 6.26. The van der Waals surface area contributed by atoms with E-state index in [4.69, 9.17) is 11.6 Å². The molecule has 3 rings (SSSR count). The van der Waals surface area contributed by atoms with Crippen LogP contribution in [0.25, 0.3) is 0 Å². The standard InChI is InChI=1S/C16H18ClFN2O3/c17-12-3-1-4-13(18)11(12)9-19-8-6-16(14(19)21)5-2-7-20(10-16)15(22)23/h1,3-4H,2,5-10H2,(H,22,23). The van der Waals surface area contributed by atoms with E-state index in [9.17, 15) is 19.1 Å². The van der Waals surface area contributed by atoms with E-state index in [1.807, 2.05) is 0 Å². The Bertz CT molecular complexity index is 634. The molecule has 2 amide bonds. The summed E-state index contributed by atoms with van der Waals surface area (Å²) >= 11 is 6.03. The number of halogens is 2. The second-order valence-corrected chi connectivity index (χ2v) is 6.67. The number of likely N-dealkylation sites (tertiary alicyclic amines) is 2. The highest BCUT2D eigenvalue weighted by molar-refractivity contribution is 6.31. The Morgan fingerprint density at radius 3 is 2.83 bits per heavy atom. The number of piperidine rings is 1. The molecular weight excluding hydrogens is 323 g/mol. The van der Waals surface area contributed by atoms with Gasteiger partial charge >= 0.3 is 6.09 Å². The number of rotatable bonds is 2. The molecule has 0 aliphatic carbocycles. The molecule has 2 heterocycles. The summed E-state index contributed by atoms with van der Waals surface area (Å²) in [5.41, 5.74) is -0.348. The first-order valence-corrected chi connectivity index (χ1v) is 8.01. The van der Waals surface area contributed by atoms with Crippen molar-refractivity contribution in [3.8, 4) is 0 Å². The van der Waals surface area contributed by atoms with Crippen LogP contribution in [0, 0.1) is 11.2 Å². The molecule has 124 valence electrons. The Kier molecular flexibility index (Phi) is 4.19. The van der Waals surface area contributed by atoms with Crippen LogP contribution in [-0.2, 0) is 11.3 Å². The number of nitrogens with zero attached hydrogens (tertiary/aromatic N) is 2. The van der Waals surface area contributed by atoms with Gasteiger partial charge in [-0.15, -0.1) is 0 Å². The van der Waals surface area contributed by atoms with Gasteiger partial charge in [0.2, 0.25) is 5.91 Å². The highest BCUT2D eigenvalue weighted by Gasteiger charge is 2.49. The summed E-state index contributed by atoms with van der Waals surface area (Å²) in [6, 6.07) is 4.45. The van der Waals surface area contributed by atoms with E-state index in [1.165, 1.54) is 17.0 Å². The highest BCUT2D eigenvalue weighted by Crippen LogP contribution is 2.41. The molecule has 2 fully saturated rings. The number of benzene rings is 1. The average molecular weight is 341 g/mol. The van der Waals surface area contributed by atoms with E-state index in [2.05, 4.69) is 0 Å². The first-order valence-electron chi connectivity index (χ1n) is 7.63. The lowest BCUT2D eigenvalue weighted by Crippen LogP contribution is -2.49. The van der Waals surface area contributed by atoms with Crippen LogP contribution in [0.2, 0.25) is 5.02 Å². The van der Waals surface area contributed by atoms with E-state index in [1.54, 1.807) is 11.0 Å². The van der Waals surface area contributed by atoms with Crippen molar-refractivity contribution >= 4 is 23.6 Å². The molecule has 7 heteroatoms. The van der Waals surface area contributed by atoms with Gasteiger partial charge in [0.15, 0.2) is 0 Å². The Hall–Kier alpha value is -1.82. The Balaban J connectivity index is 1.78. The first-order chi connectivity index (χ1) is 10.9. The van der Waals surface area contributed by atoms with E-state index in [0.717, 1.165) is 0 Å². The quantitative estimate of drug-likeness (QED) is 0.900. The van der Waals surface area contributed by atoms with Gasteiger partial charge in [0, 0.05) is 30.2 Å². The molecule has 1 N–H and O–H groups in total. The minimum absolute atomic E-state index is 0.0947. The van der Waals surface area contributed by atoms with Crippen LogP contribution in [0.15, 0.2) is 18.2 Å². The van der Waals surface area contributed by atoms with E-state index >= 15 is 0 Å². The van der Waals surface area contributed by atoms with E-state index in [0.29, 0.717) is 42.9 Å². The molecule has 0 radical (unpaired) electrons. The topological polar surface area (TPSA) is 60.9 Å². The number of amides is 2. The summed E-state index contributed by atoms with van der Waals surface area (Å²) < 4.78 is 13.9. The van der Waals surface area contributed by atoms with Crippen LogP contribution in [0.1, 0.15) is 24.8 Å². The van der Waals surface area contributed by atoms with Crippen molar-refractivity contribution in [3.63, 3.8) is 0 Å². The molecule has 0 bridgehead atoms. The van der Waals surface area contributed by atoms with E-state index in [-0.39, 0.29) is 19.0 Å². The molecule has 1 atom stereocenters. The van der Waals surface area contributed by atoms with Gasteiger partial charge in [-0.25, -0.2) is 9.18 Å². The Morgan fingerprint density at radius 1 is 1.35 bits per heavy atom. The molecule has 0 saturated carbocycles. The fourth-order valence-electron chi connectivity index (χ4n) is 3.59. The lowest BCUT2D eigenvalue weighted by atomic mass is 9.78. The maximum absolute atomic E-state index is 13.9. The molecule has 2 aliphatic rings.